The highest BCUT2D eigenvalue weighted by Crippen LogP contribution is 2.26. The normalized spacial score (nSPS) is 11.6. The van der Waals surface area contributed by atoms with Crippen LogP contribution in [0.4, 0.5) is 5.13 Å². The Labute approximate surface area is 155 Å². The van der Waals surface area contributed by atoms with Gasteiger partial charge in [-0.15, -0.1) is 11.3 Å². The quantitative estimate of drug-likeness (QED) is 0.722. The predicted octanol–water partition coefficient (Wildman–Crippen LogP) is 3.65. The zero-order valence-electron chi connectivity index (χ0n) is 14.4. The van der Waals surface area contributed by atoms with Gasteiger partial charge < -0.3 is 5.32 Å². The van der Waals surface area contributed by atoms with Crippen molar-refractivity contribution in [2.75, 3.05) is 5.32 Å². The standard InChI is InChI=1S/C19H18N4O2S/c1-12(21-13(2)24)14-6-8-15(9-7-14)17-11-26-19(22-17)23-18(25)16-5-3-4-10-20-16/h3-12H,1-2H3,(H,21,24)(H,22,23,25). The molecule has 2 amide bonds. The summed E-state index contributed by atoms with van der Waals surface area (Å²) in [6, 6.07) is 12.9. The molecule has 26 heavy (non-hydrogen) atoms. The van der Waals surface area contributed by atoms with Crippen LogP contribution < -0.4 is 10.6 Å². The van der Waals surface area contributed by atoms with Crippen molar-refractivity contribution in [2.24, 2.45) is 0 Å². The highest BCUT2D eigenvalue weighted by atomic mass is 32.1. The smallest absolute Gasteiger partial charge is 0.276 e. The molecule has 0 radical (unpaired) electrons. The first-order valence-corrected chi connectivity index (χ1v) is 8.96. The maximum absolute atomic E-state index is 12.1. The Bertz CT molecular complexity index is 907. The summed E-state index contributed by atoms with van der Waals surface area (Å²) < 4.78 is 0. The summed E-state index contributed by atoms with van der Waals surface area (Å²) in [5, 5.41) is 8.02. The average molecular weight is 366 g/mol. The van der Waals surface area contributed by atoms with Crippen molar-refractivity contribution in [3.05, 3.63) is 65.3 Å². The van der Waals surface area contributed by atoms with Crippen LogP contribution in [-0.4, -0.2) is 21.8 Å². The number of pyridine rings is 1. The zero-order chi connectivity index (χ0) is 18.5. The lowest BCUT2D eigenvalue weighted by molar-refractivity contribution is -0.119. The van der Waals surface area contributed by atoms with Gasteiger partial charge in [0.1, 0.15) is 5.69 Å². The van der Waals surface area contributed by atoms with Crippen molar-refractivity contribution < 1.29 is 9.59 Å². The monoisotopic (exact) mass is 366 g/mol. The minimum atomic E-state index is -0.286. The van der Waals surface area contributed by atoms with Crippen molar-refractivity contribution in [1.82, 2.24) is 15.3 Å². The first-order chi connectivity index (χ1) is 12.5. The van der Waals surface area contributed by atoms with Crippen molar-refractivity contribution in [1.29, 1.82) is 0 Å². The molecule has 3 aromatic rings. The van der Waals surface area contributed by atoms with Gasteiger partial charge in [0.25, 0.3) is 5.91 Å². The van der Waals surface area contributed by atoms with Crippen LogP contribution >= 0.6 is 11.3 Å². The summed E-state index contributed by atoms with van der Waals surface area (Å²) in [6.07, 6.45) is 1.58. The Balaban J connectivity index is 1.69. The lowest BCUT2D eigenvalue weighted by Gasteiger charge is -2.12. The molecule has 0 aliphatic carbocycles. The van der Waals surface area contributed by atoms with Crippen LogP contribution in [-0.2, 0) is 4.79 Å². The second-order valence-electron chi connectivity index (χ2n) is 5.75. The van der Waals surface area contributed by atoms with E-state index in [1.807, 2.05) is 36.6 Å². The number of benzene rings is 1. The van der Waals surface area contributed by atoms with E-state index in [4.69, 9.17) is 0 Å². The summed E-state index contributed by atoms with van der Waals surface area (Å²) in [7, 11) is 0. The lowest BCUT2D eigenvalue weighted by atomic mass is 10.1. The Morgan fingerprint density at radius 1 is 1.12 bits per heavy atom. The van der Waals surface area contributed by atoms with Gasteiger partial charge in [0, 0.05) is 24.1 Å². The fourth-order valence-electron chi connectivity index (χ4n) is 2.45. The molecule has 132 valence electrons. The van der Waals surface area contributed by atoms with Gasteiger partial charge in [-0.05, 0) is 24.6 Å². The van der Waals surface area contributed by atoms with E-state index in [0.29, 0.717) is 10.8 Å². The van der Waals surface area contributed by atoms with Crippen LogP contribution in [0.15, 0.2) is 54.0 Å². The van der Waals surface area contributed by atoms with Gasteiger partial charge in [-0.1, -0.05) is 30.3 Å². The number of rotatable bonds is 5. The van der Waals surface area contributed by atoms with Crippen LogP contribution in [0.1, 0.15) is 35.9 Å². The first kappa shape index (κ1) is 17.8. The largest absolute Gasteiger partial charge is 0.350 e. The van der Waals surface area contributed by atoms with E-state index < -0.39 is 0 Å². The molecule has 2 aromatic heterocycles. The molecule has 1 atom stereocenters. The topological polar surface area (TPSA) is 84.0 Å². The third-order valence-corrected chi connectivity index (χ3v) is 4.51. The van der Waals surface area contributed by atoms with Gasteiger partial charge in [0.05, 0.1) is 11.7 Å². The molecule has 2 heterocycles. The molecular formula is C19H18N4O2S. The van der Waals surface area contributed by atoms with E-state index in [1.54, 1.807) is 24.4 Å². The maximum atomic E-state index is 12.1. The number of nitrogens with one attached hydrogen (secondary N) is 2. The van der Waals surface area contributed by atoms with Crippen LogP contribution in [0.25, 0.3) is 11.3 Å². The molecule has 3 rings (SSSR count). The molecule has 1 unspecified atom stereocenters. The number of aromatic nitrogens is 2. The molecule has 0 spiro atoms. The second-order valence-corrected chi connectivity index (χ2v) is 6.61. The summed E-state index contributed by atoms with van der Waals surface area (Å²) in [5.41, 5.74) is 3.09. The van der Waals surface area contributed by atoms with Crippen molar-refractivity contribution in [3.63, 3.8) is 0 Å². The number of nitrogens with zero attached hydrogens (tertiary/aromatic N) is 2. The molecule has 0 aliphatic heterocycles. The number of hydrogen-bond donors (Lipinski definition) is 2. The molecule has 0 saturated carbocycles. The molecule has 6 nitrogen and oxygen atoms in total. The van der Waals surface area contributed by atoms with E-state index in [-0.39, 0.29) is 17.9 Å². The molecule has 0 bridgehead atoms. The highest BCUT2D eigenvalue weighted by Gasteiger charge is 2.11. The molecule has 1 aromatic carbocycles. The third kappa shape index (κ3) is 4.31. The summed E-state index contributed by atoms with van der Waals surface area (Å²) in [5.74, 6) is -0.347. The van der Waals surface area contributed by atoms with Crippen molar-refractivity contribution >= 4 is 28.3 Å². The Hall–Kier alpha value is -3.06. The van der Waals surface area contributed by atoms with Gasteiger partial charge in [-0.3, -0.25) is 19.9 Å². The number of carbonyl (C=O) groups excluding carboxylic acids is 2. The summed E-state index contributed by atoms with van der Waals surface area (Å²) in [4.78, 5) is 31.8. The molecule has 7 heteroatoms. The van der Waals surface area contributed by atoms with Gasteiger partial charge >= 0.3 is 0 Å². The fourth-order valence-corrected chi connectivity index (χ4v) is 3.17. The Morgan fingerprint density at radius 2 is 1.88 bits per heavy atom. The van der Waals surface area contributed by atoms with E-state index in [0.717, 1.165) is 16.8 Å². The highest BCUT2D eigenvalue weighted by molar-refractivity contribution is 7.14. The lowest BCUT2D eigenvalue weighted by Crippen LogP contribution is -2.23. The molecule has 0 fully saturated rings. The SMILES string of the molecule is CC(=O)NC(C)c1ccc(-c2csc(NC(=O)c3ccccn3)n2)cc1. The van der Waals surface area contributed by atoms with Crippen LogP contribution in [0.2, 0.25) is 0 Å². The first-order valence-electron chi connectivity index (χ1n) is 8.08. The van der Waals surface area contributed by atoms with E-state index in [1.165, 1.54) is 18.3 Å². The summed E-state index contributed by atoms with van der Waals surface area (Å²) >= 11 is 1.36. The van der Waals surface area contributed by atoms with Gasteiger partial charge in [-0.25, -0.2) is 4.98 Å². The van der Waals surface area contributed by atoms with Gasteiger partial charge in [0.2, 0.25) is 5.91 Å². The van der Waals surface area contributed by atoms with E-state index >= 15 is 0 Å². The number of amides is 2. The molecule has 2 N–H and O–H groups in total. The number of hydrogen-bond acceptors (Lipinski definition) is 5. The average Bonchev–Trinajstić information content (AvgIpc) is 3.10. The molecular weight excluding hydrogens is 348 g/mol. The maximum Gasteiger partial charge on any atom is 0.276 e. The minimum Gasteiger partial charge on any atom is -0.350 e. The van der Waals surface area contributed by atoms with E-state index in [2.05, 4.69) is 20.6 Å². The van der Waals surface area contributed by atoms with Crippen molar-refractivity contribution in [2.45, 2.75) is 19.9 Å². The van der Waals surface area contributed by atoms with Crippen molar-refractivity contribution in [3.8, 4) is 11.3 Å². The number of carbonyl (C=O) groups is 2. The molecule has 0 aliphatic rings. The Morgan fingerprint density at radius 3 is 2.54 bits per heavy atom. The predicted molar refractivity (Wildman–Crippen MR) is 102 cm³/mol. The number of anilines is 1. The summed E-state index contributed by atoms with van der Waals surface area (Å²) in [6.45, 7) is 3.44. The Kier molecular flexibility index (Phi) is 5.38. The van der Waals surface area contributed by atoms with Gasteiger partial charge in [-0.2, -0.15) is 0 Å². The van der Waals surface area contributed by atoms with Crippen LogP contribution in [0, 0.1) is 0 Å². The van der Waals surface area contributed by atoms with Gasteiger partial charge in [0.15, 0.2) is 5.13 Å². The van der Waals surface area contributed by atoms with Crippen LogP contribution in [0.5, 0.6) is 0 Å². The molecule has 0 saturated heterocycles. The van der Waals surface area contributed by atoms with E-state index in [9.17, 15) is 9.59 Å². The zero-order valence-corrected chi connectivity index (χ0v) is 15.2. The fraction of sp³-hybridized carbons (Fsp3) is 0.158. The second kappa shape index (κ2) is 7.88. The minimum absolute atomic E-state index is 0.0507. The number of thiazole rings is 1. The third-order valence-electron chi connectivity index (χ3n) is 3.75. The van der Waals surface area contributed by atoms with Crippen LogP contribution in [0.3, 0.4) is 0 Å².